The maximum absolute atomic E-state index is 11.7. The Hall–Kier alpha value is -2.30. The van der Waals surface area contributed by atoms with Crippen LogP contribution in [0.4, 0.5) is 11.4 Å². The van der Waals surface area contributed by atoms with Crippen molar-refractivity contribution >= 4 is 31.4 Å². The molecule has 1 aliphatic heterocycles. The van der Waals surface area contributed by atoms with Crippen LogP contribution in [0.1, 0.15) is 11.1 Å². The van der Waals surface area contributed by atoms with Crippen molar-refractivity contribution in [3.63, 3.8) is 0 Å². The standard InChI is InChI=1S/C20H27N3O5S2/c1-23(12-10-16-6-8-17(9-7-16)21-29(2,24)25)13-14-28-20-5-3-4-19-18(20)11-15-30(26,27)22-19/h3-9,21-22H,10-15H2,1-2H3. The molecule has 0 aromatic heterocycles. The molecule has 0 unspecified atom stereocenters. The van der Waals surface area contributed by atoms with Crippen molar-refractivity contribution < 1.29 is 21.6 Å². The molecule has 0 spiro atoms. The SMILES string of the molecule is CN(CCOc1cccc2c1CCS(=O)(=O)N2)CCc1ccc(NS(C)(=O)=O)cc1. The Balaban J connectivity index is 1.45. The number of hydrogen-bond acceptors (Lipinski definition) is 6. The molecule has 30 heavy (non-hydrogen) atoms. The summed E-state index contributed by atoms with van der Waals surface area (Å²) in [6.07, 6.45) is 2.40. The summed E-state index contributed by atoms with van der Waals surface area (Å²) in [6, 6.07) is 12.7. The summed E-state index contributed by atoms with van der Waals surface area (Å²) >= 11 is 0. The Labute approximate surface area is 178 Å². The second-order valence-electron chi connectivity index (χ2n) is 7.43. The molecule has 0 radical (unpaired) electrons. The molecule has 2 aromatic rings. The van der Waals surface area contributed by atoms with Gasteiger partial charge in [-0.3, -0.25) is 9.44 Å². The number of hydrogen-bond donors (Lipinski definition) is 2. The fraction of sp³-hybridized carbons (Fsp3) is 0.400. The van der Waals surface area contributed by atoms with E-state index in [9.17, 15) is 16.8 Å². The molecule has 1 heterocycles. The largest absolute Gasteiger partial charge is 0.492 e. The second-order valence-corrected chi connectivity index (χ2v) is 11.0. The van der Waals surface area contributed by atoms with Crippen LogP contribution in [0.3, 0.4) is 0 Å². The molecule has 0 bridgehead atoms. The number of nitrogens with one attached hydrogen (secondary N) is 2. The zero-order chi connectivity index (χ0) is 21.8. The van der Waals surface area contributed by atoms with Crippen LogP contribution in [0.5, 0.6) is 5.75 Å². The zero-order valence-corrected chi connectivity index (χ0v) is 18.7. The summed E-state index contributed by atoms with van der Waals surface area (Å²) in [5.41, 5.74) is 3.17. The van der Waals surface area contributed by atoms with Gasteiger partial charge in [0.15, 0.2) is 0 Å². The average Bonchev–Trinajstić information content (AvgIpc) is 2.65. The van der Waals surface area contributed by atoms with Crippen LogP contribution in [0.25, 0.3) is 0 Å². The van der Waals surface area contributed by atoms with Crippen molar-refractivity contribution in [2.24, 2.45) is 0 Å². The van der Waals surface area contributed by atoms with E-state index in [-0.39, 0.29) is 5.75 Å². The lowest BCUT2D eigenvalue weighted by atomic mass is 10.1. The minimum atomic E-state index is -3.27. The molecule has 1 aliphatic rings. The van der Waals surface area contributed by atoms with Gasteiger partial charge in [0.05, 0.1) is 17.7 Å². The third kappa shape index (κ3) is 6.61. The van der Waals surface area contributed by atoms with Gasteiger partial charge in [-0.15, -0.1) is 0 Å². The second kappa shape index (κ2) is 9.23. The monoisotopic (exact) mass is 453 g/mol. The Bertz CT molecular complexity index is 1080. The fourth-order valence-corrected chi connectivity index (χ4v) is 4.87. The van der Waals surface area contributed by atoms with Gasteiger partial charge in [0, 0.05) is 24.3 Å². The van der Waals surface area contributed by atoms with E-state index in [1.54, 1.807) is 24.3 Å². The molecule has 3 rings (SSSR count). The Morgan fingerprint density at radius 2 is 1.87 bits per heavy atom. The highest BCUT2D eigenvalue weighted by molar-refractivity contribution is 7.92. The van der Waals surface area contributed by atoms with Gasteiger partial charge < -0.3 is 9.64 Å². The van der Waals surface area contributed by atoms with Crippen LogP contribution < -0.4 is 14.2 Å². The molecule has 164 valence electrons. The first-order valence-electron chi connectivity index (χ1n) is 9.62. The van der Waals surface area contributed by atoms with Gasteiger partial charge in [0.1, 0.15) is 12.4 Å². The molecule has 0 saturated carbocycles. The molecular weight excluding hydrogens is 426 g/mol. The highest BCUT2D eigenvalue weighted by Gasteiger charge is 2.22. The average molecular weight is 454 g/mol. The maximum Gasteiger partial charge on any atom is 0.233 e. The third-order valence-electron chi connectivity index (χ3n) is 4.79. The van der Waals surface area contributed by atoms with Crippen LogP contribution in [0.2, 0.25) is 0 Å². The Morgan fingerprint density at radius 1 is 1.13 bits per heavy atom. The molecule has 0 fully saturated rings. The van der Waals surface area contributed by atoms with Crippen LogP contribution in [0, 0.1) is 0 Å². The molecule has 0 aliphatic carbocycles. The van der Waals surface area contributed by atoms with Gasteiger partial charge in [0.2, 0.25) is 20.0 Å². The van der Waals surface area contributed by atoms with E-state index < -0.39 is 20.0 Å². The molecule has 2 N–H and O–H groups in total. The first kappa shape index (κ1) is 22.4. The molecular formula is C20H27N3O5S2. The van der Waals surface area contributed by atoms with Crippen molar-refractivity contribution in [2.75, 3.05) is 48.2 Å². The number of rotatable bonds is 9. The van der Waals surface area contributed by atoms with Gasteiger partial charge in [-0.2, -0.15) is 0 Å². The summed E-state index contributed by atoms with van der Waals surface area (Å²) in [4.78, 5) is 2.15. The summed E-state index contributed by atoms with van der Waals surface area (Å²) in [6.45, 7) is 2.05. The highest BCUT2D eigenvalue weighted by atomic mass is 32.2. The van der Waals surface area contributed by atoms with E-state index in [0.717, 1.165) is 42.6 Å². The number of anilines is 2. The van der Waals surface area contributed by atoms with Crippen molar-refractivity contribution in [3.8, 4) is 5.75 Å². The molecule has 10 heteroatoms. The molecule has 0 amide bonds. The van der Waals surface area contributed by atoms with Gasteiger partial charge in [-0.05, 0) is 49.7 Å². The van der Waals surface area contributed by atoms with Crippen molar-refractivity contribution in [3.05, 3.63) is 53.6 Å². The summed E-state index contributed by atoms with van der Waals surface area (Å²) in [7, 11) is -4.50. The van der Waals surface area contributed by atoms with Gasteiger partial charge in [-0.1, -0.05) is 18.2 Å². The zero-order valence-electron chi connectivity index (χ0n) is 17.1. The maximum atomic E-state index is 11.7. The number of sulfonamides is 2. The van der Waals surface area contributed by atoms with Gasteiger partial charge in [0.25, 0.3) is 0 Å². The van der Waals surface area contributed by atoms with E-state index in [0.29, 0.717) is 24.4 Å². The number of benzene rings is 2. The minimum Gasteiger partial charge on any atom is -0.492 e. The molecule has 0 saturated heterocycles. The number of ether oxygens (including phenoxy) is 1. The molecule has 0 atom stereocenters. The lowest BCUT2D eigenvalue weighted by Gasteiger charge is -2.22. The van der Waals surface area contributed by atoms with E-state index in [4.69, 9.17) is 4.74 Å². The number of nitrogens with zero attached hydrogens (tertiary/aromatic N) is 1. The van der Waals surface area contributed by atoms with E-state index in [2.05, 4.69) is 14.3 Å². The van der Waals surface area contributed by atoms with Crippen molar-refractivity contribution in [1.82, 2.24) is 4.90 Å². The van der Waals surface area contributed by atoms with Gasteiger partial charge in [-0.25, -0.2) is 16.8 Å². The predicted octanol–water partition coefficient (Wildman–Crippen LogP) is 1.91. The Kier molecular flexibility index (Phi) is 6.89. The lowest BCUT2D eigenvalue weighted by Crippen LogP contribution is -2.27. The van der Waals surface area contributed by atoms with Crippen molar-refractivity contribution in [1.29, 1.82) is 0 Å². The smallest absolute Gasteiger partial charge is 0.233 e. The van der Waals surface area contributed by atoms with Gasteiger partial charge >= 0.3 is 0 Å². The molecule has 2 aromatic carbocycles. The van der Waals surface area contributed by atoms with E-state index in [1.165, 1.54) is 0 Å². The predicted molar refractivity (Wildman–Crippen MR) is 119 cm³/mol. The van der Waals surface area contributed by atoms with Crippen LogP contribution in [-0.2, 0) is 32.9 Å². The fourth-order valence-electron chi connectivity index (χ4n) is 3.21. The summed E-state index contributed by atoms with van der Waals surface area (Å²) in [5.74, 6) is 0.788. The first-order valence-corrected chi connectivity index (χ1v) is 13.2. The first-order chi connectivity index (χ1) is 14.1. The van der Waals surface area contributed by atoms with Crippen LogP contribution >= 0.6 is 0 Å². The number of fused-ring (bicyclic) bond motifs is 1. The van der Waals surface area contributed by atoms with E-state index >= 15 is 0 Å². The number of likely N-dealkylation sites (N-methyl/N-ethyl adjacent to an activating group) is 1. The van der Waals surface area contributed by atoms with Crippen molar-refractivity contribution in [2.45, 2.75) is 12.8 Å². The van der Waals surface area contributed by atoms with Crippen LogP contribution in [-0.4, -0.2) is 60.5 Å². The third-order valence-corrected chi connectivity index (χ3v) is 6.67. The lowest BCUT2D eigenvalue weighted by molar-refractivity contribution is 0.237. The minimum absolute atomic E-state index is 0.0682. The van der Waals surface area contributed by atoms with Crippen LogP contribution in [0.15, 0.2) is 42.5 Å². The normalized spacial score (nSPS) is 15.3. The summed E-state index contributed by atoms with van der Waals surface area (Å²) < 4.78 is 56.9. The molecule has 8 nitrogen and oxygen atoms in total. The van der Waals surface area contributed by atoms with E-state index in [1.807, 2.05) is 25.2 Å². The highest BCUT2D eigenvalue weighted by Crippen LogP contribution is 2.31. The summed E-state index contributed by atoms with van der Waals surface area (Å²) in [5, 5.41) is 0. The quantitative estimate of drug-likeness (QED) is 0.601. The topological polar surface area (TPSA) is 105 Å². The Morgan fingerprint density at radius 3 is 2.57 bits per heavy atom.